The number of hydrogen-bond donors (Lipinski definition) is 1. The fourth-order valence-corrected chi connectivity index (χ4v) is 3.05. The molecule has 2 rings (SSSR count). The molecular weight excluding hydrogens is 248 g/mol. The zero-order valence-electron chi connectivity index (χ0n) is 12.9. The van der Waals surface area contributed by atoms with Crippen molar-refractivity contribution in [2.45, 2.75) is 39.7 Å². The Morgan fingerprint density at radius 2 is 1.80 bits per heavy atom. The van der Waals surface area contributed by atoms with E-state index in [1.165, 1.54) is 10.9 Å². The van der Waals surface area contributed by atoms with Crippen molar-refractivity contribution in [3.8, 4) is 0 Å². The first kappa shape index (κ1) is 15.1. The van der Waals surface area contributed by atoms with E-state index in [4.69, 9.17) is 10.2 Å². The molecule has 1 unspecified atom stereocenters. The third-order valence-corrected chi connectivity index (χ3v) is 3.84. The number of benzene rings is 1. The molecule has 1 heterocycles. The van der Waals surface area contributed by atoms with Crippen molar-refractivity contribution in [3.05, 3.63) is 35.6 Å². The van der Waals surface area contributed by atoms with Crippen LogP contribution in [0.2, 0.25) is 0 Å². The zero-order chi connectivity index (χ0) is 14.5. The van der Waals surface area contributed by atoms with Crippen LogP contribution in [-0.4, -0.2) is 24.5 Å². The monoisotopic (exact) mass is 274 g/mol. The van der Waals surface area contributed by atoms with E-state index in [-0.39, 0.29) is 6.04 Å². The number of aryl methyl sites for hydroxylation is 1. The molecule has 3 heteroatoms. The van der Waals surface area contributed by atoms with Gasteiger partial charge in [-0.1, -0.05) is 32.0 Å². The molecule has 0 aliphatic heterocycles. The number of rotatable bonds is 7. The molecule has 110 valence electrons. The van der Waals surface area contributed by atoms with E-state index < -0.39 is 0 Å². The Kier molecular flexibility index (Phi) is 5.21. The van der Waals surface area contributed by atoms with E-state index >= 15 is 0 Å². The van der Waals surface area contributed by atoms with Gasteiger partial charge in [-0.05, 0) is 38.9 Å². The third kappa shape index (κ3) is 2.89. The number of furan rings is 1. The van der Waals surface area contributed by atoms with Gasteiger partial charge in [-0.25, -0.2) is 0 Å². The van der Waals surface area contributed by atoms with Crippen LogP contribution in [0.1, 0.15) is 44.1 Å². The van der Waals surface area contributed by atoms with Crippen LogP contribution in [0.15, 0.2) is 28.7 Å². The van der Waals surface area contributed by atoms with Gasteiger partial charge < -0.3 is 10.2 Å². The Labute approximate surface area is 121 Å². The second-order valence-corrected chi connectivity index (χ2v) is 5.36. The largest absolute Gasteiger partial charge is 0.461 e. The van der Waals surface area contributed by atoms with Gasteiger partial charge in [0.05, 0.1) is 6.04 Å². The quantitative estimate of drug-likeness (QED) is 0.833. The van der Waals surface area contributed by atoms with Crippen LogP contribution in [0.4, 0.5) is 0 Å². The lowest BCUT2D eigenvalue weighted by Gasteiger charge is -2.30. The number of nitrogens with zero attached hydrogens (tertiary/aromatic N) is 1. The van der Waals surface area contributed by atoms with Gasteiger partial charge in [-0.15, -0.1) is 0 Å². The zero-order valence-corrected chi connectivity index (χ0v) is 12.9. The van der Waals surface area contributed by atoms with E-state index in [1.807, 2.05) is 19.1 Å². The topological polar surface area (TPSA) is 42.4 Å². The fraction of sp³-hybridized carbons (Fsp3) is 0.529. The minimum absolute atomic E-state index is 0.249. The molecule has 2 aromatic rings. The van der Waals surface area contributed by atoms with Crippen molar-refractivity contribution >= 4 is 11.0 Å². The molecule has 0 spiro atoms. The normalized spacial score (nSPS) is 13.2. The van der Waals surface area contributed by atoms with Crippen molar-refractivity contribution in [1.29, 1.82) is 0 Å². The summed E-state index contributed by atoms with van der Waals surface area (Å²) in [5.41, 5.74) is 8.33. The average molecular weight is 274 g/mol. The minimum Gasteiger partial charge on any atom is -0.461 e. The molecule has 0 aliphatic carbocycles. The third-order valence-electron chi connectivity index (χ3n) is 3.84. The summed E-state index contributed by atoms with van der Waals surface area (Å²) in [5.74, 6) is 0.999. The first-order chi connectivity index (χ1) is 9.72. The second-order valence-electron chi connectivity index (χ2n) is 5.36. The van der Waals surface area contributed by atoms with Gasteiger partial charge in [0, 0.05) is 17.5 Å². The van der Waals surface area contributed by atoms with Gasteiger partial charge in [-0.2, -0.15) is 0 Å². The standard InChI is InChI=1S/C17H26N2O/c1-4-10-19(11-5-2)15(12-18)17-13(3)20-16-9-7-6-8-14(16)17/h6-9,15H,4-5,10-12,18H2,1-3H3. The maximum atomic E-state index is 6.10. The molecule has 0 saturated heterocycles. The van der Waals surface area contributed by atoms with Crippen molar-refractivity contribution in [2.24, 2.45) is 5.73 Å². The first-order valence-corrected chi connectivity index (χ1v) is 7.65. The molecule has 1 atom stereocenters. The molecule has 0 amide bonds. The lowest BCUT2D eigenvalue weighted by molar-refractivity contribution is 0.201. The molecule has 0 radical (unpaired) electrons. The average Bonchev–Trinajstić information content (AvgIpc) is 2.77. The van der Waals surface area contributed by atoms with E-state index in [1.54, 1.807) is 0 Å². The Morgan fingerprint density at radius 3 is 2.40 bits per heavy atom. The Balaban J connectivity index is 2.44. The van der Waals surface area contributed by atoms with E-state index in [2.05, 4.69) is 30.9 Å². The van der Waals surface area contributed by atoms with E-state index in [0.29, 0.717) is 6.54 Å². The van der Waals surface area contributed by atoms with Gasteiger partial charge in [-0.3, -0.25) is 4.90 Å². The molecular formula is C17H26N2O. The van der Waals surface area contributed by atoms with Gasteiger partial charge in [0.15, 0.2) is 0 Å². The number of hydrogen-bond acceptors (Lipinski definition) is 3. The van der Waals surface area contributed by atoms with Crippen LogP contribution < -0.4 is 5.73 Å². The Morgan fingerprint density at radius 1 is 1.15 bits per heavy atom. The summed E-state index contributed by atoms with van der Waals surface area (Å²) in [6.07, 6.45) is 2.29. The number of para-hydroxylation sites is 1. The highest BCUT2D eigenvalue weighted by Crippen LogP contribution is 2.33. The summed E-state index contributed by atoms with van der Waals surface area (Å²) in [7, 11) is 0. The molecule has 1 aromatic carbocycles. The number of nitrogens with two attached hydrogens (primary N) is 1. The Bertz CT molecular complexity index is 541. The van der Waals surface area contributed by atoms with Gasteiger partial charge in [0.1, 0.15) is 11.3 Å². The molecule has 0 saturated carbocycles. The lowest BCUT2D eigenvalue weighted by atomic mass is 10.0. The highest BCUT2D eigenvalue weighted by atomic mass is 16.3. The van der Waals surface area contributed by atoms with Gasteiger partial charge >= 0.3 is 0 Å². The van der Waals surface area contributed by atoms with Crippen molar-refractivity contribution in [1.82, 2.24) is 4.90 Å². The van der Waals surface area contributed by atoms with Crippen molar-refractivity contribution < 1.29 is 4.42 Å². The van der Waals surface area contributed by atoms with Crippen LogP contribution in [0, 0.1) is 6.92 Å². The summed E-state index contributed by atoms with van der Waals surface area (Å²) in [6.45, 7) is 9.27. The predicted octanol–water partition coefficient (Wildman–Crippen LogP) is 3.86. The SMILES string of the molecule is CCCN(CCC)C(CN)c1c(C)oc2ccccc12. The molecule has 0 aliphatic rings. The summed E-state index contributed by atoms with van der Waals surface area (Å²) >= 11 is 0. The molecule has 1 aromatic heterocycles. The number of fused-ring (bicyclic) bond motifs is 1. The van der Waals surface area contributed by atoms with Crippen LogP contribution in [0.5, 0.6) is 0 Å². The second kappa shape index (κ2) is 6.91. The van der Waals surface area contributed by atoms with Crippen LogP contribution in [0.25, 0.3) is 11.0 Å². The van der Waals surface area contributed by atoms with Crippen molar-refractivity contribution in [2.75, 3.05) is 19.6 Å². The molecule has 3 nitrogen and oxygen atoms in total. The maximum absolute atomic E-state index is 6.10. The van der Waals surface area contributed by atoms with E-state index in [0.717, 1.165) is 37.3 Å². The molecule has 0 bridgehead atoms. The highest BCUT2D eigenvalue weighted by molar-refractivity contribution is 5.82. The first-order valence-electron chi connectivity index (χ1n) is 7.65. The highest BCUT2D eigenvalue weighted by Gasteiger charge is 2.24. The van der Waals surface area contributed by atoms with Crippen LogP contribution in [0.3, 0.4) is 0 Å². The smallest absolute Gasteiger partial charge is 0.134 e. The Hall–Kier alpha value is -1.32. The maximum Gasteiger partial charge on any atom is 0.134 e. The van der Waals surface area contributed by atoms with E-state index in [9.17, 15) is 0 Å². The lowest BCUT2D eigenvalue weighted by Crippen LogP contribution is -2.35. The van der Waals surface area contributed by atoms with Crippen LogP contribution >= 0.6 is 0 Å². The van der Waals surface area contributed by atoms with Gasteiger partial charge in [0.25, 0.3) is 0 Å². The van der Waals surface area contributed by atoms with Crippen molar-refractivity contribution in [3.63, 3.8) is 0 Å². The molecule has 20 heavy (non-hydrogen) atoms. The summed E-state index contributed by atoms with van der Waals surface area (Å²) in [5, 5.41) is 1.21. The molecule has 2 N–H and O–H groups in total. The van der Waals surface area contributed by atoms with Gasteiger partial charge in [0.2, 0.25) is 0 Å². The summed E-state index contributed by atoms with van der Waals surface area (Å²) < 4.78 is 5.91. The minimum atomic E-state index is 0.249. The summed E-state index contributed by atoms with van der Waals surface area (Å²) in [4.78, 5) is 2.49. The summed E-state index contributed by atoms with van der Waals surface area (Å²) in [6, 6.07) is 8.50. The fourth-order valence-electron chi connectivity index (χ4n) is 3.05. The van der Waals surface area contributed by atoms with Crippen LogP contribution in [-0.2, 0) is 0 Å². The molecule has 0 fully saturated rings. The predicted molar refractivity (Wildman–Crippen MR) is 84.9 cm³/mol.